The number of carbonyl (C=O) groups excluding carboxylic acids is 2. The largest absolute Gasteiger partial charge is 0.365 e. The van der Waals surface area contributed by atoms with Gasteiger partial charge in [0, 0.05) is 17.8 Å². The number of rotatable bonds is 3. The Kier molecular flexibility index (Phi) is 4.98. The molecule has 4 aromatic rings. The first-order valence-corrected chi connectivity index (χ1v) is 10.4. The fourth-order valence-corrected chi connectivity index (χ4v) is 4.16. The molecule has 3 amide bonds. The molecule has 2 aromatic heterocycles. The highest BCUT2D eigenvalue weighted by atomic mass is 19.1. The number of urea groups is 1. The van der Waals surface area contributed by atoms with Crippen molar-refractivity contribution in [3.8, 4) is 11.3 Å². The van der Waals surface area contributed by atoms with Crippen LogP contribution in [0, 0.1) is 19.3 Å². The Bertz CT molecular complexity index is 1510. The normalized spacial score (nSPS) is 12.9. The summed E-state index contributed by atoms with van der Waals surface area (Å²) >= 11 is 0. The van der Waals surface area contributed by atoms with Crippen molar-refractivity contribution in [3.05, 3.63) is 70.6 Å². The van der Waals surface area contributed by atoms with Gasteiger partial charge in [-0.05, 0) is 36.8 Å². The van der Waals surface area contributed by atoms with Crippen molar-refractivity contribution < 1.29 is 14.0 Å². The lowest BCUT2D eigenvalue weighted by molar-refractivity contribution is 0.0997. The summed E-state index contributed by atoms with van der Waals surface area (Å²) in [6, 6.07) is 7.64. The summed E-state index contributed by atoms with van der Waals surface area (Å²) in [5.74, 6) is -1.21. The Labute approximate surface area is 193 Å². The van der Waals surface area contributed by atoms with Crippen LogP contribution in [-0.2, 0) is 13.1 Å². The average molecular weight is 458 g/mol. The number of aryl methyl sites for hydroxylation is 1. The van der Waals surface area contributed by atoms with Crippen molar-refractivity contribution in [2.75, 3.05) is 11.9 Å². The van der Waals surface area contributed by atoms with Crippen LogP contribution >= 0.6 is 0 Å². The maximum atomic E-state index is 14.5. The summed E-state index contributed by atoms with van der Waals surface area (Å²) < 4.78 is 16.2. The van der Waals surface area contributed by atoms with Crippen LogP contribution in [0.25, 0.3) is 27.0 Å². The monoisotopic (exact) mass is 458 g/mol. The van der Waals surface area contributed by atoms with Gasteiger partial charge in [0.25, 0.3) is 5.91 Å². The number of H-pyrrole nitrogens is 1. The van der Waals surface area contributed by atoms with Gasteiger partial charge < -0.3 is 16.0 Å². The number of aromatic amines is 1. The maximum absolute atomic E-state index is 14.5. The molecular formula is C23H19FN8O2. The molecule has 0 spiro atoms. The second kappa shape index (κ2) is 8.00. The topological polar surface area (TPSA) is 126 Å². The summed E-state index contributed by atoms with van der Waals surface area (Å²) in [5.41, 5.74) is 9.26. The Morgan fingerprint density at radius 1 is 1.26 bits per heavy atom. The number of nitrogens with zero attached hydrogens (tertiary/aromatic N) is 5. The van der Waals surface area contributed by atoms with Gasteiger partial charge in [-0.15, -0.1) is 0 Å². The van der Waals surface area contributed by atoms with Gasteiger partial charge in [-0.2, -0.15) is 10.2 Å². The van der Waals surface area contributed by atoms with Crippen LogP contribution in [0.4, 0.5) is 20.6 Å². The highest BCUT2D eigenvalue weighted by molar-refractivity contribution is 6.01. The molecule has 2 aromatic carbocycles. The molecule has 5 rings (SSSR count). The number of nitrogens with one attached hydrogen (secondary N) is 2. The predicted molar refractivity (Wildman–Crippen MR) is 123 cm³/mol. The lowest BCUT2D eigenvalue weighted by atomic mass is 10.0. The van der Waals surface area contributed by atoms with Crippen molar-refractivity contribution in [2.45, 2.75) is 20.0 Å². The Morgan fingerprint density at radius 3 is 2.82 bits per heavy atom. The number of benzene rings is 2. The number of amides is 3. The lowest BCUT2D eigenvalue weighted by Gasteiger charge is -2.28. The summed E-state index contributed by atoms with van der Waals surface area (Å²) in [6.07, 6.45) is 1.38. The van der Waals surface area contributed by atoms with E-state index in [1.54, 1.807) is 40.8 Å². The van der Waals surface area contributed by atoms with Gasteiger partial charge in [0.1, 0.15) is 11.5 Å². The number of carbonyl (C=O) groups is 2. The van der Waals surface area contributed by atoms with E-state index < -0.39 is 11.7 Å². The third-order valence-corrected chi connectivity index (χ3v) is 5.86. The first-order chi connectivity index (χ1) is 16.4. The van der Waals surface area contributed by atoms with Crippen LogP contribution in [0.5, 0.6) is 0 Å². The van der Waals surface area contributed by atoms with E-state index in [1.807, 2.05) is 0 Å². The Hall–Kier alpha value is -4.72. The van der Waals surface area contributed by atoms with Crippen molar-refractivity contribution in [3.63, 3.8) is 0 Å². The summed E-state index contributed by atoms with van der Waals surface area (Å²) in [7, 11) is 0. The minimum Gasteiger partial charge on any atom is -0.365 e. The predicted octanol–water partition coefficient (Wildman–Crippen LogP) is 3.57. The number of hydrogen-bond donors (Lipinski definition) is 3. The number of nitrogens with two attached hydrogens (primary N) is 1. The number of anilines is 1. The smallest absolute Gasteiger partial charge is 0.322 e. The number of hydrogen-bond acceptors (Lipinski definition) is 4. The SMILES string of the molecule is [C-]#[N+]c1ccc(NC(=O)N2CCn3nc(-c4cc(F)c5cn[nH]c5c4)c(C(N)=O)c3C2)cc1C. The molecule has 0 unspecified atom stereocenters. The van der Waals surface area contributed by atoms with E-state index in [2.05, 4.69) is 25.5 Å². The van der Waals surface area contributed by atoms with Crippen molar-refractivity contribution in [1.29, 1.82) is 0 Å². The molecule has 170 valence electrons. The van der Waals surface area contributed by atoms with Gasteiger partial charge in [0.15, 0.2) is 5.69 Å². The first-order valence-electron chi connectivity index (χ1n) is 10.4. The zero-order chi connectivity index (χ0) is 24.0. The minimum atomic E-state index is -0.714. The second-order valence-electron chi connectivity index (χ2n) is 8.01. The van der Waals surface area contributed by atoms with Crippen LogP contribution in [0.3, 0.4) is 0 Å². The highest BCUT2D eigenvalue weighted by Crippen LogP contribution is 2.31. The van der Waals surface area contributed by atoms with Gasteiger partial charge in [0.05, 0.1) is 48.0 Å². The zero-order valence-corrected chi connectivity index (χ0v) is 18.1. The van der Waals surface area contributed by atoms with Gasteiger partial charge in [-0.3, -0.25) is 14.6 Å². The van der Waals surface area contributed by atoms with E-state index >= 15 is 0 Å². The standard InChI is InChI=1S/C23H19FN8O2/c1-12-7-14(3-4-17(12)26-2)28-23(34)31-5-6-32-19(11-31)20(22(25)33)21(30-32)13-8-16(24)15-10-27-29-18(15)9-13/h3-4,7-10H,5-6,11H2,1H3,(H2,25,33)(H,27,29)(H,28,34). The van der Waals surface area contributed by atoms with E-state index in [1.165, 1.54) is 12.3 Å². The molecular weight excluding hydrogens is 439 g/mol. The van der Waals surface area contributed by atoms with E-state index in [0.717, 1.165) is 5.56 Å². The van der Waals surface area contributed by atoms with Crippen molar-refractivity contribution in [1.82, 2.24) is 24.9 Å². The van der Waals surface area contributed by atoms with E-state index in [4.69, 9.17) is 12.3 Å². The average Bonchev–Trinajstić information content (AvgIpc) is 3.43. The van der Waals surface area contributed by atoms with Crippen LogP contribution in [0.2, 0.25) is 0 Å². The lowest BCUT2D eigenvalue weighted by Crippen LogP contribution is -2.41. The molecule has 4 N–H and O–H groups in total. The molecule has 0 saturated heterocycles. The van der Waals surface area contributed by atoms with Crippen molar-refractivity contribution in [2.24, 2.45) is 5.73 Å². The van der Waals surface area contributed by atoms with Crippen LogP contribution in [0.15, 0.2) is 36.5 Å². The molecule has 3 heterocycles. The Balaban J connectivity index is 1.46. The molecule has 1 aliphatic heterocycles. The first kappa shape index (κ1) is 21.1. The highest BCUT2D eigenvalue weighted by Gasteiger charge is 2.30. The van der Waals surface area contributed by atoms with Gasteiger partial charge in [-0.1, -0.05) is 6.07 Å². The summed E-state index contributed by atoms with van der Waals surface area (Å²) in [6.45, 7) is 9.74. The third-order valence-electron chi connectivity index (χ3n) is 5.86. The van der Waals surface area contributed by atoms with Gasteiger partial charge >= 0.3 is 6.03 Å². The molecule has 34 heavy (non-hydrogen) atoms. The number of fused-ring (bicyclic) bond motifs is 2. The number of halogens is 1. The van der Waals surface area contributed by atoms with Crippen LogP contribution in [-0.4, -0.2) is 43.4 Å². The summed E-state index contributed by atoms with van der Waals surface area (Å²) in [5, 5.41) is 14.2. The minimum absolute atomic E-state index is 0.102. The fraction of sp³-hybridized carbons (Fsp3) is 0.174. The molecule has 0 bridgehead atoms. The van der Waals surface area contributed by atoms with Crippen molar-refractivity contribution >= 4 is 34.2 Å². The van der Waals surface area contributed by atoms with E-state index in [-0.39, 0.29) is 23.8 Å². The van der Waals surface area contributed by atoms with Crippen LogP contribution < -0.4 is 11.1 Å². The molecule has 0 radical (unpaired) electrons. The third kappa shape index (κ3) is 3.51. The van der Waals surface area contributed by atoms with Crippen LogP contribution in [0.1, 0.15) is 21.6 Å². The molecule has 11 heteroatoms. The Morgan fingerprint density at radius 2 is 2.09 bits per heavy atom. The number of aromatic nitrogens is 4. The molecule has 10 nitrogen and oxygen atoms in total. The van der Waals surface area contributed by atoms with Gasteiger partial charge in [0.2, 0.25) is 0 Å². The van der Waals surface area contributed by atoms with E-state index in [9.17, 15) is 14.0 Å². The molecule has 0 aliphatic carbocycles. The molecule has 1 aliphatic rings. The number of primary amides is 1. The fourth-order valence-electron chi connectivity index (χ4n) is 4.16. The van der Waals surface area contributed by atoms with Gasteiger partial charge in [-0.25, -0.2) is 14.0 Å². The second-order valence-corrected chi connectivity index (χ2v) is 8.01. The quantitative estimate of drug-likeness (QED) is 0.406. The maximum Gasteiger partial charge on any atom is 0.322 e. The van der Waals surface area contributed by atoms with E-state index in [0.29, 0.717) is 46.6 Å². The molecule has 0 saturated carbocycles. The summed E-state index contributed by atoms with van der Waals surface area (Å²) in [4.78, 5) is 30.3. The molecule has 0 atom stereocenters. The molecule has 0 fully saturated rings. The zero-order valence-electron chi connectivity index (χ0n) is 18.1.